The number of carbonyl (C=O) groups excluding carboxylic acids is 2. The molecule has 2 N–H and O–H groups in total. The summed E-state index contributed by atoms with van der Waals surface area (Å²) >= 11 is 0. The number of esters is 1. The minimum absolute atomic E-state index is 0.372. The zero-order valence-electron chi connectivity index (χ0n) is 16.3. The van der Waals surface area contributed by atoms with Crippen LogP contribution < -0.4 is 5.32 Å². The molecule has 0 saturated carbocycles. The predicted molar refractivity (Wildman–Crippen MR) is 81.2 cm³/mol. The van der Waals surface area contributed by atoms with Crippen LogP contribution in [0.2, 0.25) is 0 Å². The maximum absolute atomic E-state index is 13.6. The molecule has 0 aliphatic carbocycles. The molecule has 0 heterocycles. The Morgan fingerprint density at radius 1 is 0.861 bits per heavy atom. The Balaban J connectivity index is 6.69. The lowest BCUT2D eigenvalue weighted by Gasteiger charge is -2.35. The van der Waals surface area contributed by atoms with Gasteiger partial charge in [-0.15, -0.1) is 0 Å². The number of amides is 1. The highest BCUT2D eigenvalue weighted by Crippen LogP contribution is 2.40. The largest absolute Gasteiger partial charge is 0.466 e. The molecule has 1 atom stereocenters. The molecule has 0 aromatic rings. The van der Waals surface area contributed by atoms with Crippen molar-refractivity contribution in [2.75, 3.05) is 6.61 Å². The molecule has 212 valence electrons. The SMILES string of the molecule is C=C(C(=O)OC(OCCC(F)(F)S(=O)(=O)O)(C(=O)NC(C(F)(F)F)C(F)(F)F)C(F)(F)F)C(F)(F)F. The van der Waals surface area contributed by atoms with Gasteiger partial charge in [-0.25, -0.2) is 4.79 Å². The van der Waals surface area contributed by atoms with Crippen LogP contribution in [0.4, 0.5) is 61.5 Å². The van der Waals surface area contributed by atoms with Crippen LogP contribution in [-0.2, 0) is 29.2 Å². The van der Waals surface area contributed by atoms with Crippen molar-refractivity contribution in [3.8, 4) is 0 Å². The highest BCUT2D eigenvalue weighted by molar-refractivity contribution is 7.86. The average molecular weight is 589 g/mol. The van der Waals surface area contributed by atoms with E-state index in [0.29, 0.717) is 0 Å². The van der Waals surface area contributed by atoms with E-state index in [9.17, 15) is 79.5 Å². The number of hydrogen-bond acceptors (Lipinski definition) is 6. The summed E-state index contributed by atoms with van der Waals surface area (Å²) < 4.78 is 216. The van der Waals surface area contributed by atoms with Crippen molar-refractivity contribution in [2.24, 2.45) is 0 Å². The summed E-state index contributed by atoms with van der Waals surface area (Å²) in [5, 5.41) is -5.82. The number of ether oxygens (including phenoxy) is 2. The molecule has 0 aliphatic heterocycles. The van der Waals surface area contributed by atoms with E-state index in [-0.39, 0.29) is 5.32 Å². The zero-order chi connectivity index (χ0) is 29.3. The Hall–Kier alpha value is -2.43. The van der Waals surface area contributed by atoms with Crippen molar-refractivity contribution in [3.05, 3.63) is 12.2 Å². The highest BCUT2D eigenvalue weighted by atomic mass is 32.2. The number of alkyl halides is 14. The van der Waals surface area contributed by atoms with E-state index in [1.807, 2.05) is 6.58 Å². The van der Waals surface area contributed by atoms with Gasteiger partial charge in [-0.1, -0.05) is 6.58 Å². The Morgan fingerprint density at radius 2 is 1.28 bits per heavy atom. The van der Waals surface area contributed by atoms with Gasteiger partial charge in [0.1, 0.15) is 5.57 Å². The summed E-state index contributed by atoms with van der Waals surface area (Å²) in [6, 6.07) is -5.20. The third-order valence-electron chi connectivity index (χ3n) is 3.50. The van der Waals surface area contributed by atoms with Crippen molar-refractivity contribution in [2.45, 2.75) is 48.2 Å². The number of carbonyl (C=O) groups is 2. The van der Waals surface area contributed by atoms with Gasteiger partial charge in [-0.05, 0) is 0 Å². The number of hydrogen-bond donors (Lipinski definition) is 2. The molecule has 0 radical (unpaired) electrons. The molecule has 36 heavy (non-hydrogen) atoms. The second-order valence-electron chi connectivity index (χ2n) is 6.18. The molecule has 0 aromatic carbocycles. The fourth-order valence-electron chi connectivity index (χ4n) is 1.74. The summed E-state index contributed by atoms with van der Waals surface area (Å²) in [5.41, 5.74) is -2.93. The van der Waals surface area contributed by atoms with E-state index in [2.05, 4.69) is 9.47 Å². The van der Waals surface area contributed by atoms with Crippen molar-refractivity contribution < 1.29 is 93.5 Å². The topological polar surface area (TPSA) is 119 Å². The van der Waals surface area contributed by atoms with Gasteiger partial charge in [0.15, 0.2) is 0 Å². The first-order valence-electron chi connectivity index (χ1n) is 8.00. The normalized spacial score (nSPS) is 15.9. The summed E-state index contributed by atoms with van der Waals surface area (Å²) in [7, 11) is -6.45. The lowest BCUT2D eigenvalue weighted by atomic mass is 10.1. The van der Waals surface area contributed by atoms with Crippen LogP contribution in [0.25, 0.3) is 0 Å². The maximum Gasteiger partial charge on any atom is 0.466 e. The van der Waals surface area contributed by atoms with Crippen LogP contribution in [0.1, 0.15) is 6.42 Å². The third kappa shape index (κ3) is 8.04. The summed E-state index contributed by atoms with van der Waals surface area (Å²) in [6.45, 7) is -0.693. The van der Waals surface area contributed by atoms with E-state index in [0.717, 1.165) is 0 Å². The average Bonchev–Trinajstić information content (AvgIpc) is 2.59. The predicted octanol–water partition coefficient (Wildman–Crippen LogP) is 3.40. The van der Waals surface area contributed by atoms with Crippen LogP contribution >= 0.6 is 0 Å². The molecule has 23 heteroatoms. The van der Waals surface area contributed by atoms with Gasteiger partial charge < -0.3 is 14.8 Å². The lowest BCUT2D eigenvalue weighted by molar-refractivity contribution is -0.350. The fourth-order valence-corrected chi connectivity index (χ4v) is 2.08. The second-order valence-corrected chi connectivity index (χ2v) is 7.73. The standard InChI is InChI=1S/C13H9F14NO7S/c1-4(10(16,17)18)5(29)35-9(13(25,26)27,34-3-2-8(14,15)36(31,32)33)7(30)28-6(11(19,20)21)12(22,23)24/h6H,1-3H2,(H,28,30)(H,31,32,33). The van der Waals surface area contributed by atoms with Crippen LogP contribution in [0, 0.1) is 0 Å². The first-order valence-corrected chi connectivity index (χ1v) is 9.44. The van der Waals surface area contributed by atoms with Gasteiger partial charge in [0.2, 0.25) is 6.04 Å². The van der Waals surface area contributed by atoms with Gasteiger partial charge in [-0.2, -0.15) is 69.9 Å². The molecule has 1 amide bonds. The van der Waals surface area contributed by atoms with Gasteiger partial charge in [0.25, 0.3) is 0 Å². The van der Waals surface area contributed by atoms with Crippen molar-refractivity contribution >= 4 is 22.0 Å². The first kappa shape index (κ1) is 33.6. The smallest absolute Gasteiger partial charge is 0.412 e. The Morgan fingerprint density at radius 3 is 1.58 bits per heavy atom. The fraction of sp³-hybridized carbons (Fsp3) is 0.692. The van der Waals surface area contributed by atoms with Crippen LogP contribution in [0.15, 0.2) is 12.2 Å². The molecule has 0 saturated heterocycles. The van der Waals surface area contributed by atoms with Crippen molar-refractivity contribution in [3.63, 3.8) is 0 Å². The van der Waals surface area contributed by atoms with Gasteiger partial charge >= 0.3 is 57.7 Å². The van der Waals surface area contributed by atoms with Crippen LogP contribution in [-0.4, -0.2) is 73.2 Å². The Labute approximate surface area is 188 Å². The quantitative estimate of drug-likeness (QED) is 0.139. The minimum Gasteiger partial charge on any atom is -0.412 e. The Kier molecular flexibility index (Phi) is 9.46. The molecule has 1 unspecified atom stereocenters. The highest BCUT2D eigenvalue weighted by Gasteiger charge is 2.69. The van der Waals surface area contributed by atoms with Crippen LogP contribution in [0.3, 0.4) is 0 Å². The molecule has 0 aliphatic rings. The van der Waals surface area contributed by atoms with E-state index in [1.54, 1.807) is 0 Å². The number of rotatable bonds is 9. The summed E-state index contributed by atoms with van der Waals surface area (Å²) in [5.74, 6) is -13.2. The molecule has 0 aromatic heterocycles. The van der Waals surface area contributed by atoms with Crippen molar-refractivity contribution in [1.82, 2.24) is 5.32 Å². The molecule has 0 spiro atoms. The van der Waals surface area contributed by atoms with E-state index < -0.39 is 82.4 Å². The van der Waals surface area contributed by atoms with E-state index in [4.69, 9.17) is 4.55 Å². The third-order valence-corrected chi connectivity index (χ3v) is 4.46. The minimum atomic E-state index is -6.91. The molecule has 0 fully saturated rings. The second kappa shape index (κ2) is 10.1. The molecule has 8 nitrogen and oxygen atoms in total. The Bertz CT molecular complexity index is 936. The lowest BCUT2D eigenvalue weighted by Crippen LogP contribution is -2.66. The van der Waals surface area contributed by atoms with E-state index in [1.165, 1.54) is 0 Å². The molecular formula is C13H9F14NO7S. The first-order chi connectivity index (χ1) is 15.5. The van der Waals surface area contributed by atoms with E-state index >= 15 is 0 Å². The summed E-state index contributed by atoms with van der Waals surface area (Å²) in [6.07, 6.45) is -28.8. The molecule has 0 rings (SSSR count). The van der Waals surface area contributed by atoms with Gasteiger partial charge in [0, 0.05) is 0 Å². The van der Waals surface area contributed by atoms with Gasteiger partial charge in [0.05, 0.1) is 13.0 Å². The zero-order valence-corrected chi connectivity index (χ0v) is 17.1. The molecule has 0 bridgehead atoms. The van der Waals surface area contributed by atoms with Crippen molar-refractivity contribution in [1.29, 1.82) is 0 Å². The monoisotopic (exact) mass is 589 g/mol. The van der Waals surface area contributed by atoms with Gasteiger partial charge in [-0.3, -0.25) is 9.35 Å². The summed E-state index contributed by atoms with van der Waals surface area (Å²) in [4.78, 5) is 23.3. The maximum atomic E-state index is 13.6. The number of nitrogens with one attached hydrogen (secondary N) is 1. The molecular weight excluding hydrogens is 580 g/mol. The number of halogens is 14. The van der Waals surface area contributed by atoms with Crippen LogP contribution in [0.5, 0.6) is 0 Å².